The number of nitro groups is 1. The number of non-ortho nitro benzene ring substituents is 1. The molecule has 1 amide bonds. The SMILES string of the molecule is CCOC(=O)c1c(C)nnn1C[C@@]1(C)[C@H](C(=O)OCc2ccc([N+](=O)[O-])cc2)N2C(=O)C[C@H]2S1(=O)=O. The Morgan fingerprint density at radius 2 is 1.92 bits per heavy atom. The van der Waals surface area contributed by atoms with E-state index in [1.807, 2.05) is 0 Å². The molecule has 2 aromatic rings. The molecule has 0 bridgehead atoms. The highest BCUT2D eigenvalue weighted by Crippen LogP contribution is 2.47. The quantitative estimate of drug-likeness (QED) is 0.204. The van der Waals surface area contributed by atoms with Crippen molar-refractivity contribution < 1.29 is 37.2 Å². The number of fused-ring (bicyclic) bond motifs is 1. The number of benzene rings is 1. The van der Waals surface area contributed by atoms with Crippen LogP contribution in [-0.4, -0.2) is 73.9 Å². The highest BCUT2D eigenvalue weighted by molar-refractivity contribution is 7.93. The number of aryl methyl sites for hydroxylation is 1. The van der Waals surface area contributed by atoms with Gasteiger partial charge in [0.25, 0.3) is 5.69 Å². The molecule has 3 atom stereocenters. The van der Waals surface area contributed by atoms with Crippen LogP contribution in [0.4, 0.5) is 5.69 Å². The number of ether oxygens (including phenoxy) is 2. The molecule has 3 heterocycles. The largest absolute Gasteiger partial charge is 0.461 e. The Labute approximate surface area is 205 Å². The van der Waals surface area contributed by atoms with E-state index >= 15 is 0 Å². The minimum atomic E-state index is -4.11. The van der Waals surface area contributed by atoms with E-state index in [4.69, 9.17) is 9.47 Å². The molecule has 2 saturated heterocycles. The molecule has 0 aliphatic carbocycles. The molecule has 2 aliphatic rings. The van der Waals surface area contributed by atoms with Crippen LogP contribution in [0.15, 0.2) is 24.3 Å². The Kier molecular flexibility index (Phi) is 6.28. The number of esters is 2. The van der Waals surface area contributed by atoms with Gasteiger partial charge >= 0.3 is 11.9 Å². The molecule has 2 fully saturated rings. The summed E-state index contributed by atoms with van der Waals surface area (Å²) in [5, 5.41) is 17.4. The minimum Gasteiger partial charge on any atom is -0.461 e. The minimum absolute atomic E-state index is 0.0631. The molecular weight excluding hydrogens is 498 g/mol. The number of carbonyl (C=O) groups excluding carboxylic acids is 3. The van der Waals surface area contributed by atoms with Crippen LogP contribution in [0.5, 0.6) is 0 Å². The van der Waals surface area contributed by atoms with Gasteiger partial charge < -0.3 is 14.4 Å². The number of hydrogen-bond acceptors (Lipinski definition) is 11. The summed E-state index contributed by atoms with van der Waals surface area (Å²) < 4.78 is 36.5. The van der Waals surface area contributed by atoms with Gasteiger partial charge in [0.05, 0.1) is 30.2 Å². The normalized spacial score (nSPS) is 24.1. The first-order valence-corrected chi connectivity index (χ1v) is 12.5. The number of hydrogen-bond donors (Lipinski definition) is 0. The molecule has 0 spiro atoms. The fourth-order valence-electron chi connectivity index (χ4n) is 4.48. The summed E-state index contributed by atoms with van der Waals surface area (Å²) >= 11 is 0. The predicted molar refractivity (Wildman–Crippen MR) is 120 cm³/mol. The molecule has 15 heteroatoms. The third-order valence-electron chi connectivity index (χ3n) is 6.40. The number of aromatic nitrogens is 3. The van der Waals surface area contributed by atoms with Gasteiger partial charge in [0.1, 0.15) is 16.7 Å². The summed E-state index contributed by atoms with van der Waals surface area (Å²) in [5.74, 6) is -2.25. The highest BCUT2D eigenvalue weighted by atomic mass is 32.2. The van der Waals surface area contributed by atoms with Crippen LogP contribution in [0.2, 0.25) is 0 Å². The molecular formula is C21H23N5O9S. The number of carbonyl (C=O) groups is 3. The van der Waals surface area contributed by atoms with E-state index in [-0.39, 0.29) is 36.7 Å². The Hall–Kier alpha value is -3.88. The van der Waals surface area contributed by atoms with Gasteiger partial charge in [-0.15, -0.1) is 5.10 Å². The summed E-state index contributed by atoms with van der Waals surface area (Å²) in [7, 11) is -4.11. The van der Waals surface area contributed by atoms with Crippen molar-refractivity contribution in [1.29, 1.82) is 0 Å². The molecule has 192 valence electrons. The Bertz CT molecular complexity index is 1350. The van der Waals surface area contributed by atoms with E-state index in [1.54, 1.807) is 6.92 Å². The van der Waals surface area contributed by atoms with Gasteiger partial charge in [0.15, 0.2) is 21.6 Å². The number of β-lactam (4-membered cyclic amide) rings is 1. The average molecular weight is 522 g/mol. The lowest BCUT2D eigenvalue weighted by Gasteiger charge is -2.36. The van der Waals surface area contributed by atoms with Gasteiger partial charge in [0, 0.05) is 12.1 Å². The van der Waals surface area contributed by atoms with Crippen LogP contribution in [0, 0.1) is 17.0 Å². The summed E-state index contributed by atoms with van der Waals surface area (Å²) in [5.41, 5.74) is 0.435. The van der Waals surface area contributed by atoms with E-state index in [1.165, 1.54) is 38.1 Å². The van der Waals surface area contributed by atoms with Crippen molar-refractivity contribution in [3.63, 3.8) is 0 Å². The van der Waals surface area contributed by atoms with Crippen LogP contribution in [0.25, 0.3) is 0 Å². The van der Waals surface area contributed by atoms with Crippen molar-refractivity contribution >= 4 is 33.4 Å². The van der Waals surface area contributed by atoms with Gasteiger partial charge in [-0.05, 0) is 38.5 Å². The Balaban J connectivity index is 1.64. The molecule has 4 rings (SSSR count). The maximum Gasteiger partial charge on any atom is 0.358 e. The Morgan fingerprint density at radius 3 is 2.50 bits per heavy atom. The fourth-order valence-corrected chi connectivity index (χ4v) is 6.82. The van der Waals surface area contributed by atoms with Crippen molar-refractivity contribution in [2.24, 2.45) is 0 Å². The van der Waals surface area contributed by atoms with E-state index in [2.05, 4.69) is 10.3 Å². The monoisotopic (exact) mass is 521 g/mol. The zero-order chi connectivity index (χ0) is 26.4. The number of nitrogens with zero attached hydrogens (tertiary/aromatic N) is 5. The van der Waals surface area contributed by atoms with Crippen molar-refractivity contribution in [2.75, 3.05) is 6.61 Å². The second-order valence-electron chi connectivity index (χ2n) is 8.65. The van der Waals surface area contributed by atoms with Crippen LogP contribution in [0.3, 0.4) is 0 Å². The molecule has 0 saturated carbocycles. The fraction of sp³-hybridized carbons (Fsp3) is 0.476. The van der Waals surface area contributed by atoms with Crippen LogP contribution in [-0.2, 0) is 42.1 Å². The zero-order valence-corrected chi connectivity index (χ0v) is 20.4. The summed E-state index contributed by atoms with van der Waals surface area (Å²) in [6.45, 7) is 3.73. The summed E-state index contributed by atoms with van der Waals surface area (Å²) in [6, 6.07) is 3.78. The van der Waals surface area contributed by atoms with Gasteiger partial charge in [-0.25, -0.2) is 22.7 Å². The average Bonchev–Trinajstić information content (AvgIpc) is 3.24. The van der Waals surface area contributed by atoms with E-state index in [0.717, 1.165) is 9.58 Å². The van der Waals surface area contributed by atoms with E-state index in [9.17, 15) is 32.9 Å². The molecule has 14 nitrogen and oxygen atoms in total. The third kappa shape index (κ3) is 3.88. The van der Waals surface area contributed by atoms with E-state index in [0.29, 0.717) is 5.56 Å². The maximum absolute atomic E-state index is 13.5. The van der Waals surface area contributed by atoms with Crippen molar-refractivity contribution in [2.45, 2.75) is 56.5 Å². The molecule has 0 N–H and O–H groups in total. The van der Waals surface area contributed by atoms with E-state index < -0.39 is 55.3 Å². The maximum atomic E-state index is 13.5. The predicted octanol–water partition coefficient (Wildman–Crippen LogP) is 0.529. The molecule has 36 heavy (non-hydrogen) atoms. The van der Waals surface area contributed by atoms with Crippen LogP contribution >= 0.6 is 0 Å². The third-order valence-corrected chi connectivity index (χ3v) is 9.16. The smallest absolute Gasteiger partial charge is 0.358 e. The lowest BCUT2D eigenvalue weighted by atomic mass is 9.96. The number of amides is 1. The first-order valence-electron chi connectivity index (χ1n) is 10.9. The van der Waals surface area contributed by atoms with Gasteiger partial charge in [-0.1, -0.05) is 5.21 Å². The lowest BCUT2D eigenvalue weighted by molar-refractivity contribution is -0.384. The second kappa shape index (κ2) is 8.96. The number of sulfone groups is 1. The van der Waals surface area contributed by atoms with Gasteiger partial charge in [0.2, 0.25) is 5.91 Å². The van der Waals surface area contributed by atoms with Crippen LogP contribution in [0.1, 0.15) is 42.0 Å². The molecule has 2 aliphatic heterocycles. The molecule has 1 aromatic heterocycles. The molecule has 1 aromatic carbocycles. The summed E-state index contributed by atoms with van der Waals surface area (Å²) in [4.78, 5) is 49.3. The lowest BCUT2D eigenvalue weighted by Crippen LogP contribution is -2.58. The molecule has 0 unspecified atom stereocenters. The van der Waals surface area contributed by atoms with Gasteiger partial charge in [-0.3, -0.25) is 14.9 Å². The standard InChI is InChI=1S/C21H23N5O9S/c1-4-34-19(28)17-12(2)22-23-24(17)11-21(3)18(25-15(27)9-16(25)36(21,32)33)20(29)35-10-13-5-7-14(8-6-13)26(30)31/h5-8,16,18H,4,9-11H2,1-3H3/t16-,18+,21+/m1/s1. The van der Waals surface area contributed by atoms with Crippen LogP contribution < -0.4 is 0 Å². The highest BCUT2D eigenvalue weighted by Gasteiger charge is 2.70. The van der Waals surface area contributed by atoms with Gasteiger partial charge in [-0.2, -0.15) is 0 Å². The zero-order valence-electron chi connectivity index (χ0n) is 19.6. The first kappa shape index (κ1) is 25.2. The van der Waals surface area contributed by atoms with Crippen molar-refractivity contribution in [3.8, 4) is 0 Å². The second-order valence-corrected chi connectivity index (χ2v) is 11.2. The first-order chi connectivity index (χ1) is 16.9. The topological polar surface area (TPSA) is 181 Å². The van der Waals surface area contributed by atoms with Crippen molar-refractivity contribution in [1.82, 2.24) is 19.9 Å². The Morgan fingerprint density at radius 1 is 1.25 bits per heavy atom. The number of rotatable bonds is 8. The summed E-state index contributed by atoms with van der Waals surface area (Å²) in [6.07, 6.45) is -0.273. The molecule has 0 radical (unpaired) electrons. The number of nitro benzene ring substituents is 1. The van der Waals surface area contributed by atoms with Crippen molar-refractivity contribution in [3.05, 3.63) is 51.3 Å².